The van der Waals surface area contributed by atoms with Gasteiger partial charge in [0.05, 0.1) is 18.2 Å². The number of likely N-dealkylation sites (tertiary alicyclic amines) is 1. The number of aryl methyl sites for hydroxylation is 1. The lowest BCUT2D eigenvalue weighted by atomic mass is 9.94. The second-order valence-electron chi connectivity index (χ2n) is 9.52. The van der Waals surface area contributed by atoms with Crippen LogP contribution in [0.5, 0.6) is 11.5 Å². The Kier molecular flexibility index (Phi) is 10.5. The summed E-state index contributed by atoms with van der Waals surface area (Å²) in [4.78, 5) is 41.4. The van der Waals surface area contributed by atoms with E-state index in [-0.39, 0.29) is 17.9 Å². The third-order valence-corrected chi connectivity index (χ3v) is 6.89. The van der Waals surface area contributed by atoms with Crippen molar-refractivity contribution in [2.45, 2.75) is 46.6 Å². The highest BCUT2D eigenvalue weighted by Gasteiger charge is 2.46. The third-order valence-electron chi connectivity index (χ3n) is 6.89. The fraction of sp³-hybridized carbons (Fsp3) is 0.433. The van der Waals surface area contributed by atoms with Crippen LogP contribution < -0.4 is 15.2 Å². The van der Waals surface area contributed by atoms with Crippen LogP contribution in [0.25, 0.3) is 5.76 Å². The van der Waals surface area contributed by atoms with Crippen LogP contribution >= 0.6 is 0 Å². The summed E-state index contributed by atoms with van der Waals surface area (Å²) in [5, 5.41) is 11.5. The van der Waals surface area contributed by atoms with Gasteiger partial charge in [-0.1, -0.05) is 39.3 Å². The molecule has 1 heterocycles. The molecular weight excluding hydrogens is 498 g/mol. The number of nitrogens with zero attached hydrogens (tertiary/aromatic N) is 2. The van der Waals surface area contributed by atoms with Crippen LogP contribution in [-0.2, 0) is 14.4 Å². The maximum Gasteiger partial charge on any atom is 0.295 e. The Morgan fingerprint density at radius 3 is 2.28 bits per heavy atom. The number of unbranched alkanes of at least 4 members (excludes halogenated alkanes) is 1. The molecule has 39 heavy (non-hydrogen) atoms. The maximum atomic E-state index is 13.4. The number of ether oxygens (including phenoxy) is 2. The molecule has 2 aromatic rings. The lowest BCUT2D eigenvalue weighted by Gasteiger charge is -2.28. The average Bonchev–Trinajstić information content (AvgIpc) is 3.17. The number of carbonyl (C=O) groups is 3. The number of hydrogen-bond donors (Lipinski definition) is 2. The van der Waals surface area contributed by atoms with Crippen molar-refractivity contribution < 1.29 is 29.0 Å². The van der Waals surface area contributed by atoms with E-state index in [0.717, 1.165) is 31.5 Å². The first-order valence-corrected chi connectivity index (χ1v) is 13.5. The summed E-state index contributed by atoms with van der Waals surface area (Å²) in [6.07, 6.45) is 1.95. The molecule has 0 spiro atoms. The maximum absolute atomic E-state index is 13.4. The molecule has 2 aromatic carbocycles. The van der Waals surface area contributed by atoms with Crippen LogP contribution in [0, 0.1) is 6.92 Å². The molecule has 210 valence electrons. The van der Waals surface area contributed by atoms with E-state index in [9.17, 15) is 19.5 Å². The van der Waals surface area contributed by atoms with Crippen molar-refractivity contribution >= 4 is 23.4 Å². The fourth-order valence-electron chi connectivity index (χ4n) is 4.62. The molecule has 1 atom stereocenters. The van der Waals surface area contributed by atoms with E-state index in [1.807, 2.05) is 26.8 Å². The Balaban J connectivity index is 2.03. The van der Waals surface area contributed by atoms with Crippen LogP contribution in [0.3, 0.4) is 0 Å². The SMILES string of the molecule is CCCCOc1ccc(/C(O)=C2\C(=O)C(=O)N(CCN(CC)CC)C2c2ccc(OCC(N)=O)cc2)c(C)c1. The predicted octanol–water partition coefficient (Wildman–Crippen LogP) is 3.80. The van der Waals surface area contributed by atoms with Gasteiger partial charge in [0.2, 0.25) is 0 Å². The number of hydrogen-bond acceptors (Lipinski definition) is 7. The molecule has 2 amide bonds. The predicted molar refractivity (Wildman–Crippen MR) is 150 cm³/mol. The number of ketones is 1. The molecule has 1 fully saturated rings. The van der Waals surface area contributed by atoms with Crippen LogP contribution in [0.2, 0.25) is 0 Å². The van der Waals surface area contributed by atoms with Gasteiger partial charge in [-0.2, -0.15) is 0 Å². The number of nitrogens with two attached hydrogens (primary N) is 1. The van der Waals surface area contributed by atoms with Crippen LogP contribution in [0.15, 0.2) is 48.0 Å². The molecular formula is C30H39N3O6. The van der Waals surface area contributed by atoms with Gasteiger partial charge in [-0.15, -0.1) is 0 Å². The lowest BCUT2D eigenvalue weighted by Crippen LogP contribution is -2.38. The van der Waals surface area contributed by atoms with Crippen molar-refractivity contribution in [2.24, 2.45) is 5.73 Å². The largest absolute Gasteiger partial charge is 0.507 e. The third kappa shape index (κ3) is 7.17. The van der Waals surface area contributed by atoms with Crippen molar-refractivity contribution in [3.8, 4) is 11.5 Å². The highest BCUT2D eigenvalue weighted by atomic mass is 16.5. The monoisotopic (exact) mass is 537 g/mol. The molecule has 9 heteroatoms. The molecule has 0 radical (unpaired) electrons. The molecule has 0 bridgehead atoms. The van der Waals surface area contributed by atoms with E-state index in [1.54, 1.807) is 36.4 Å². The van der Waals surface area contributed by atoms with Crippen molar-refractivity contribution in [1.29, 1.82) is 0 Å². The van der Waals surface area contributed by atoms with Gasteiger partial charge < -0.3 is 30.1 Å². The second kappa shape index (κ2) is 13.8. The quantitative estimate of drug-likeness (QED) is 0.163. The topological polar surface area (TPSA) is 122 Å². The number of likely N-dealkylation sites (N-methyl/N-ethyl adjacent to an activating group) is 1. The van der Waals surface area contributed by atoms with Crippen molar-refractivity contribution in [3.63, 3.8) is 0 Å². The highest BCUT2D eigenvalue weighted by Crippen LogP contribution is 2.40. The number of primary amides is 1. The van der Waals surface area contributed by atoms with Gasteiger partial charge in [0.25, 0.3) is 17.6 Å². The summed E-state index contributed by atoms with van der Waals surface area (Å²) < 4.78 is 11.1. The molecule has 3 rings (SSSR count). The Labute approximate surface area is 230 Å². The average molecular weight is 538 g/mol. The molecule has 1 unspecified atom stereocenters. The van der Waals surface area contributed by atoms with Crippen molar-refractivity contribution in [3.05, 3.63) is 64.7 Å². The molecule has 1 aliphatic rings. The summed E-state index contributed by atoms with van der Waals surface area (Å²) in [6.45, 7) is 10.8. The number of aliphatic hydroxyl groups excluding tert-OH is 1. The minimum Gasteiger partial charge on any atom is -0.507 e. The van der Waals surface area contributed by atoms with Crippen LogP contribution in [0.4, 0.5) is 0 Å². The molecule has 9 nitrogen and oxygen atoms in total. The number of aliphatic hydroxyl groups is 1. The van der Waals surface area contributed by atoms with Gasteiger partial charge in [-0.05, 0) is 67.9 Å². The standard InChI is InChI=1S/C30H39N3O6/c1-5-8-17-38-23-13-14-24(20(4)18-23)28(35)26-27(21-9-11-22(12-10-21)39-19-25(31)34)33(30(37)29(26)36)16-15-32(6-2)7-3/h9-14,18,27,35H,5-8,15-17,19H2,1-4H3,(H2,31,34)/b28-26+. The number of carbonyl (C=O) groups excluding carboxylic acids is 3. The molecule has 1 aliphatic heterocycles. The minimum absolute atomic E-state index is 0.0353. The zero-order valence-electron chi connectivity index (χ0n) is 23.2. The number of rotatable bonds is 14. The number of benzene rings is 2. The van der Waals surface area contributed by atoms with Gasteiger partial charge in [0.1, 0.15) is 17.3 Å². The summed E-state index contributed by atoms with van der Waals surface area (Å²) in [6, 6.07) is 11.3. The first-order chi connectivity index (χ1) is 18.7. The molecule has 3 N–H and O–H groups in total. The minimum atomic E-state index is -0.786. The van der Waals surface area contributed by atoms with E-state index in [2.05, 4.69) is 11.8 Å². The molecule has 0 aliphatic carbocycles. The lowest BCUT2D eigenvalue weighted by molar-refractivity contribution is -0.140. The van der Waals surface area contributed by atoms with Crippen molar-refractivity contribution in [1.82, 2.24) is 9.80 Å². The summed E-state index contributed by atoms with van der Waals surface area (Å²) in [5.41, 5.74) is 7.03. The van der Waals surface area contributed by atoms with E-state index in [1.165, 1.54) is 4.90 Å². The summed E-state index contributed by atoms with van der Waals surface area (Å²) in [5.74, 6) is -1.10. The van der Waals surface area contributed by atoms with Gasteiger partial charge in [0, 0.05) is 18.7 Å². The Hall–Kier alpha value is -3.85. The normalized spacial score (nSPS) is 16.6. The smallest absolute Gasteiger partial charge is 0.295 e. The highest BCUT2D eigenvalue weighted by molar-refractivity contribution is 6.46. The Bertz CT molecular complexity index is 1200. The van der Waals surface area contributed by atoms with Crippen molar-refractivity contribution in [2.75, 3.05) is 39.4 Å². The summed E-state index contributed by atoms with van der Waals surface area (Å²) >= 11 is 0. The summed E-state index contributed by atoms with van der Waals surface area (Å²) in [7, 11) is 0. The van der Waals surface area contributed by atoms with E-state index >= 15 is 0 Å². The Morgan fingerprint density at radius 1 is 1.03 bits per heavy atom. The van der Waals surface area contributed by atoms with Crippen LogP contribution in [-0.4, -0.2) is 71.9 Å². The first kappa shape index (κ1) is 29.7. The number of Topliss-reactive ketones (excluding diaryl/α,β-unsaturated/α-hetero) is 1. The van der Waals surface area contributed by atoms with Gasteiger partial charge in [-0.25, -0.2) is 0 Å². The van der Waals surface area contributed by atoms with E-state index in [4.69, 9.17) is 15.2 Å². The fourth-order valence-corrected chi connectivity index (χ4v) is 4.62. The van der Waals surface area contributed by atoms with Gasteiger partial charge in [-0.3, -0.25) is 14.4 Å². The van der Waals surface area contributed by atoms with E-state index in [0.29, 0.717) is 42.3 Å². The Morgan fingerprint density at radius 2 is 1.69 bits per heavy atom. The van der Waals surface area contributed by atoms with Crippen LogP contribution in [0.1, 0.15) is 56.3 Å². The zero-order valence-corrected chi connectivity index (χ0v) is 23.2. The first-order valence-electron chi connectivity index (χ1n) is 13.5. The number of amides is 2. The van der Waals surface area contributed by atoms with E-state index < -0.39 is 23.6 Å². The molecule has 0 saturated carbocycles. The van der Waals surface area contributed by atoms with Gasteiger partial charge >= 0.3 is 0 Å². The molecule has 0 aromatic heterocycles. The zero-order chi connectivity index (χ0) is 28.5. The van der Waals surface area contributed by atoms with Gasteiger partial charge in [0.15, 0.2) is 6.61 Å². The second-order valence-corrected chi connectivity index (χ2v) is 9.52. The molecule has 1 saturated heterocycles.